The number of aliphatic carboxylic acids is 1. The molecule has 0 aliphatic heterocycles. The van der Waals surface area contributed by atoms with Crippen LogP contribution in [-0.4, -0.2) is 27.9 Å². The Balaban J connectivity index is 2.64. The van der Waals surface area contributed by atoms with Crippen molar-refractivity contribution < 1.29 is 14.7 Å². The predicted molar refractivity (Wildman–Crippen MR) is 65.2 cm³/mol. The van der Waals surface area contributed by atoms with Crippen LogP contribution in [0.3, 0.4) is 0 Å². The number of nitrogens with one attached hydrogen (secondary N) is 1. The fourth-order valence-corrected chi connectivity index (χ4v) is 1.48. The minimum absolute atomic E-state index is 0.0550. The smallest absolute Gasteiger partial charge is 0.346 e. The molecule has 0 bridgehead atoms. The average Bonchev–Trinajstić information content (AvgIpc) is 2.29. The minimum atomic E-state index is -1.95. The van der Waals surface area contributed by atoms with Crippen LogP contribution in [-0.2, 0) is 16.0 Å². The number of amides is 1. The van der Waals surface area contributed by atoms with Crippen molar-refractivity contribution in [3.63, 3.8) is 0 Å². The molecule has 1 unspecified atom stereocenters. The maximum absolute atomic E-state index is 11.6. The summed E-state index contributed by atoms with van der Waals surface area (Å²) in [5.41, 5.74) is 0.768. The Kier molecular flexibility index (Phi) is 4.78. The molecule has 92 valence electrons. The molecule has 6 heteroatoms. The predicted octanol–water partition coefficient (Wildman–Crippen LogP) is 1.60. The second-order valence-corrected chi connectivity index (χ2v) is 4.36. The molecular weight excluding hydrogens is 265 g/mol. The molecule has 1 amide bonds. The van der Waals surface area contributed by atoms with E-state index in [9.17, 15) is 9.59 Å². The molecule has 17 heavy (non-hydrogen) atoms. The van der Waals surface area contributed by atoms with Crippen LogP contribution in [0.1, 0.15) is 5.56 Å². The van der Waals surface area contributed by atoms with Crippen LogP contribution < -0.4 is 5.32 Å². The molecule has 2 N–H and O–H groups in total. The third kappa shape index (κ3) is 3.91. The Labute approximate surface area is 109 Å². The maximum Gasteiger partial charge on any atom is 0.346 e. The first-order valence-corrected chi connectivity index (χ1v) is 5.72. The number of benzene rings is 1. The monoisotopic (exact) mass is 275 g/mol. The molecule has 1 aromatic carbocycles. The number of hydrogen-bond donors (Lipinski definition) is 2. The topological polar surface area (TPSA) is 66.4 Å². The maximum atomic E-state index is 11.6. The summed E-state index contributed by atoms with van der Waals surface area (Å²) in [7, 11) is 0. The third-order valence-electron chi connectivity index (χ3n) is 2.07. The lowest BCUT2D eigenvalue weighted by molar-refractivity contribution is -0.142. The molecule has 0 aromatic heterocycles. The lowest BCUT2D eigenvalue weighted by Gasteiger charge is -2.20. The van der Waals surface area contributed by atoms with Crippen molar-refractivity contribution in [2.75, 3.05) is 5.88 Å². The van der Waals surface area contributed by atoms with Crippen LogP contribution in [0, 0.1) is 0 Å². The SMILES string of the molecule is O=C(Cc1ccccc1)NC(Cl)(CCl)C(=O)O. The molecule has 0 fully saturated rings. The summed E-state index contributed by atoms with van der Waals surface area (Å²) in [6, 6.07) is 8.92. The number of carbonyl (C=O) groups is 2. The highest BCUT2D eigenvalue weighted by Gasteiger charge is 2.36. The summed E-state index contributed by atoms with van der Waals surface area (Å²) in [5.74, 6) is -2.28. The van der Waals surface area contributed by atoms with E-state index < -0.39 is 22.8 Å². The highest BCUT2D eigenvalue weighted by Crippen LogP contribution is 2.14. The van der Waals surface area contributed by atoms with Gasteiger partial charge in [0.15, 0.2) is 0 Å². The fourth-order valence-electron chi connectivity index (χ4n) is 1.19. The first-order chi connectivity index (χ1) is 7.98. The van der Waals surface area contributed by atoms with Crippen molar-refractivity contribution in [3.8, 4) is 0 Å². The molecule has 0 saturated heterocycles. The van der Waals surface area contributed by atoms with Gasteiger partial charge in [-0.25, -0.2) is 4.79 Å². The Morgan fingerprint density at radius 2 is 1.88 bits per heavy atom. The fraction of sp³-hybridized carbons (Fsp3) is 0.273. The molecule has 4 nitrogen and oxygen atoms in total. The normalized spacial score (nSPS) is 13.8. The second-order valence-electron chi connectivity index (χ2n) is 3.45. The van der Waals surface area contributed by atoms with Crippen LogP contribution in [0.2, 0.25) is 0 Å². The summed E-state index contributed by atoms with van der Waals surface area (Å²) in [5, 5.41) is 11.0. The summed E-state index contributed by atoms with van der Waals surface area (Å²) < 4.78 is 0. The van der Waals surface area contributed by atoms with E-state index in [-0.39, 0.29) is 6.42 Å². The van der Waals surface area contributed by atoms with Crippen LogP contribution in [0.4, 0.5) is 0 Å². The molecule has 0 aliphatic rings. The van der Waals surface area contributed by atoms with E-state index in [1.165, 1.54) is 0 Å². The van der Waals surface area contributed by atoms with Gasteiger partial charge in [-0.3, -0.25) is 4.79 Å². The summed E-state index contributed by atoms with van der Waals surface area (Å²) in [6.45, 7) is 0. The van der Waals surface area contributed by atoms with E-state index in [1.807, 2.05) is 6.07 Å². The van der Waals surface area contributed by atoms with Gasteiger partial charge in [0.2, 0.25) is 10.9 Å². The van der Waals surface area contributed by atoms with Gasteiger partial charge >= 0.3 is 5.97 Å². The zero-order valence-corrected chi connectivity index (χ0v) is 10.3. The largest absolute Gasteiger partial charge is 0.479 e. The number of rotatable bonds is 5. The molecule has 1 atom stereocenters. The number of carbonyl (C=O) groups excluding carboxylic acids is 1. The molecule has 1 rings (SSSR count). The van der Waals surface area contributed by atoms with Crippen LogP contribution in [0.25, 0.3) is 0 Å². The van der Waals surface area contributed by atoms with Crippen molar-refractivity contribution in [1.29, 1.82) is 0 Å². The van der Waals surface area contributed by atoms with Crippen molar-refractivity contribution in [1.82, 2.24) is 5.32 Å². The second kappa shape index (κ2) is 5.89. The molecule has 0 heterocycles. The van der Waals surface area contributed by atoms with E-state index in [1.54, 1.807) is 24.3 Å². The minimum Gasteiger partial charge on any atom is -0.479 e. The lowest BCUT2D eigenvalue weighted by atomic mass is 10.1. The van der Waals surface area contributed by atoms with Crippen molar-refractivity contribution >= 4 is 35.1 Å². The molecule has 1 aromatic rings. The first kappa shape index (κ1) is 13.8. The van der Waals surface area contributed by atoms with Gasteiger partial charge in [0.05, 0.1) is 12.3 Å². The Morgan fingerprint density at radius 3 is 2.35 bits per heavy atom. The number of carboxylic acid groups (broad SMARTS) is 1. The van der Waals surface area contributed by atoms with Gasteiger partial charge in [0, 0.05) is 0 Å². The van der Waals surface area contributed by atoms with Crippen molar-refractivity contribution in [3.05, 3.63) is 35.9 Å². The molecule has 0 saturated carbocycles. The summed E-state index contributed by atoms with van der Waals surface area (Å²) in [4.78, 5) is 20.4. The Morgan fingerprint density at radius 1 is 1.29 bits per heavy atom. The van der Waals surface area contributed by atoms with Crippen molar-refractivity contribution in [2.45, 2.75) is 11.4 Å². The van der Waals surface area contributed by atoms with E-state index in [0.717, 1.165) is 5.56 Å². The van der Waals surface area contributed by atoms with E-state index in [4.69, 9.17) is 28.3 Å². The summed E-state index contributed by atoms with van der Waals surface area (Å²) in [6.07, 6.45) is 0.0550. The zero-order valence-electron chi connectivity index (χ0n) is 8.82. The van der Waals surface area contributed by atoms with Gasteiger partial charge in [-0.2, -0.15) is 0 Å². The molecule has 0 spiro atoms. The molecule has 0 radical (unpaired) electrons. The number of halogens is 2. The number of alkyl halides is 2. The van der Waals surface area contributed by atoms with Gasteiger partial charge in [0.1, 0.15) is 0 Å². The van der Waals surface area contributed by atoms with E-state index in [2.05, 4.69) is 5.32 Å². The average molecular weight is 276 g/mol. The van der Waals surface area contributed by atoms with Crippen LogP contribution >= 0.6 is 23.2 Å². The Hall–Kier alpha value is -1.26. The highest BCUT2D eigenvalue weighted by molar-refractivity contribution is 6.39. The van der Waals surface area contributed by atoms with Gasteiger partial charge in [-0.15, -0.1) is 11.6 Å². The van der Waals surface area contributed by atoms with E-state index in [0.29, 0.717) is 0 Å². The van der Waals surface area contributed by atoms with Gasteiger partial charge in [-0.1, -0.05) is 41.9 Å². The first-order valence-electron chi connectivity index (χ1n) is 4.81. The summed E-state index contributed by atoms with van der Waals surface area (Å²) >= 11 is 11.1. The lowest BCUT2D eigenvalue weighted by Crippen LogP contribution is -2.52. The van der Waals surface area contributed by atoms with Crippen molar-refractivity contribution in [2.24, 2.45) is 0 Å². The molecular formula is C11H11Cl2NO3. The number of carboxylic acids is 1. The van der Waals surface area contributed by atoms with Crippen LogP contribution in [0.15, 0.2) is 30.3 Å². The highest BCUT2D eigenvalue weighted by atomic mass is 35.5. The van der Waals surface area contributed by atoms with Crippen LogP contribution in [0.5, 0.6) is 0 Å². The van der Waals surface area contributed by atoms with Gasteiger partial charge in [0.25, 0.3) is 0 Å². The van der Waals surface area contributed by atoms with Gasteiger partial charge in [-0.05, 0) is 5.56 Å². The zero-order chi connectivity index (χ0) is 12.9. The van der Waals surface area contributed by atoms with Gasteiger partial charge < -0.3 is 10.4 Å². The molecule has 0 aliphatic carbocycles. The Bertz CT molecular complexity index is 410. The standard InChI is InChI=1S/C11H11Cl2NO3/c12-7-11(13,10(16)17)14-9(15)6-8-4-2-1-3-5-8/h1-5H,6-7H2,(H,14,15)(H,16,17). The number of hydrogen-bond acceptors (Lipinski definition) is 2. The van der Waals surface area contributed by atoms with E-state index >= 15 is 0 Å². The quantitative estimate of drug-likeness (QED) is 0.634. The third-order valence-corrected chi connectivity index (χ3v) is 3.00.